The van der Waals surface area contributed by atoms with Gasteiger partial charge in [-0.25, -0.2) is 0 Å². The molecule has 1 saturated heterocycles. The van der Waals surface area contributed by atoms with E-state index in [0.29, 0.717) is 34.6 Å². The summed E-state index contributed by atoms with van der Waals surface area (Å²) in [7, 11) is 1.58. The Morgan fingerprint density at radius 2 is 2.11 bits per heavy atom. The van der Waals surface area contributed by atoms with Crippen LogP contribution in [0.1, 0.15) is 35.1 Å². The normalized spacial score (nSPS) is 16.5. The number of benzene rings is 2. The number of rotatable bonds is 4. The van der Waals surface area contributed by atoms with E-state index in [1.807, 2.05) is 18.2 Å². The van der Waals surface area contributed by atoms with Crippen molar-refractivity contribution in [2.75, 3.05) is 13.7 Å². The third-order valence-electron chi connectivity index (χ3n) is 4.64. The highest BCUT2D eigenvalue weighted by Crippen LogP contribution is 2.33. The van der Waals surface area contributed by atoms with Gasteiger partial charge in [0.05, 0.1) is 7.11 Å². The molecule has 1 aliphatic heterocycles. The number of aromatic nitrogens is 2. The van der Waals surface area contributed by atoms with Crippen molar-refractivity contribution in [1.82, 2.24) is 15.0 Å². The van der Waals surface area contributed by atoms with Gasteiger partial charge in [0.2, 0.25) is 11.7 Å². The SMILES string of the molecule is COc1cccc(C(=O)N2CCCC2c2nc(-c3cccc(Cl)c3)no2)c1. The molecule has 6 nitrogen and oxygen atoms in total. The lowest BCUT2D eigenvalue weighted by molar-refractivity contribution is 0.0709. The van der Waals surface area contributed by atoms with Crippen LogP contribution in [0.5, 0.6) is 5.75 Å². The predicted octanol–water partition coefficient (Wildman–Crippen LogP) is 4.38. The van der Waals surface area contributed by atoms with Gasteiger partial charge in [0.15, 0.2) is 0 Å². The Kier molecular flexibility index (Phi) is 4.81. The van der Waals surface area contributed by atoms with Crippen molar-refractivity contribution < 1.29 is 14.1 Å². The molecule has 1 fully saturated rings. The number of amides is 1. The first-order valence-electron chi connectivity index (χ1n) is 8.70. The van der Waals surface area contributed by atoms with Crippen LogP contribution in [-0.4, -0.2) is 34.6 Å². The van der Waals surface area contributed by atoms with Crippen LogP contribution >= 0.6 is 11.6 Å². The highest BCUT2D eigenvalue weighted by atomic mass is 35.5. The molecule has 27 heavy (non-hydrogen) atoms. The van der Waals surface area contributed by atoms with E-state index < -0.39 is 0 Å². The highest BCUT2D eigenvalue weighted by molar-refractivity contribution is 6.30. The number of hydrogen-bond donors (Lipinski definition) is 0. The van der Waals surface area contributed by atoms with Crippen LogP contribution in [0.3, 0.4) is 0 Å². The smallest absolute Gasteiger partial charge is 0.254 e. The van der Waals surface area contributed by atoms with Gasteiger partial charge < -0.3 is 14.2 Å². The minimum atomic E-state index is -0.232. The summed E-state index contributed by atoms with van der Waals surface area (Å²) in [6.45, 7) is 0.648. The minimum absolute atomic E-state index is 0.0705. The van der Waals surface area contributed by atoms with Gasteiger partial charge in [-0.15, -0.1) is 0 Å². The molecule has 0 N–H and O–H groups in total. The van der Waals surface area contributed by atoms with Gasteiger partial charge in [-0.2, -0.15) is 4.98 Å². The molecule has 138 valence electrons. The number of likely N-dealkylation sites (tertiary alicyclic amines) is 1. The first kappa shape index (κ1) is 17.5. The van der Waals surface area contributed by atoms with E-state index in [1.54, 1.807) is 42.3 Å². The maximum absolute atomic E-state index is 13.0. The van der Waals surface area contributed by atoms with E-state index >= 15 is 0 Å². The van der Waals surface area contributed by atoms with Crippen LogP contribution in [0.15, 0.2) is 53.1 Å². The van der Waals surface area contributed by atoms with E-state index in [2.05, 4.69) is 10.1 Å². The lowest BCUT2D eigenvalue weighted by Gasteiger charge is -2.22. The highest BCUT2D eigenvalue weighted by Gasteiger charge is 2.34. The van der Waals surface area contributed by atoms with Gasteiger partial charge in [0.25, 0.3) is 5.91 Å². The monoisotopic (exact) mass is 383 g/mol. The zero-order valence-corrected chi connectivity index (χ0v) is 15.5. The number of ether oxygens (including phenoxy) is 1. The van der Waals surface area contributed by atoms with Crippen molar-refractivity contribution >= 4 is 17.5 Å². The largest absolute Gasteiger partial charge is 0.497 e. The van der Waals surface area contributed by atoms with Gasteiger partial charge >= 0.3 is 0 Å². The molecule has 0 saturated carbocycles. The quantitative estimate of drug-likeness (QED) is 0.668. The van der Waals surface area contributed by atoms with Crippen molar-refractivity contribution in [1.29, 1.82) is 0 Å². The van der Waals surface area contributed by atoms with Crippen LogP contribution in [0.25, 0.3) is 11.4 Å². The Bertz CT molecular complexity index is 972. The van der Waals surface area contributed by atoms with Crippen LogP contribution in [0.4, 0.5) is 0 Å². The van der Waals surface area contributed by atoms with E-state index in [0.717, 1.165) is 18.4 Å². The van der Waals surface area contributed by atoms with E-state index in [1.165, 1.54) is 0 Å². The predicted molar refractivity (Wildman–Crippen MR) is 101 cm³/mol. The molecule has 0 bridgehead atoms. The minimum Gasteiger partial charge on any atom is -0.497 e. The third-order valence-corrected chi connectivity index (χ3v) is 4.88. The molecule has 0 radical (unpaired) electrons. The molecule has 1 unspecified atom stereocenters. The first-order chi connectivity index (χ1) is 13.2. The van der Waals surface area contributed by atoms with E-state index in [-0.39, 0.29) is 11.9 Å². The summed E-state index contributed by atoms with van der Waals surface area (Å²) in [4.78, 5) is 19.3. The zero-order valence-electron chi connectivity index (χ0n) is 14.8. The summed E-state index contributed by atoms with van der Waals surface area (Å²) >= 11 is 6.04. The average molecular weight is 384 g/mol. The molecule has 0 spiro atoms. The number of carbonyl (C=O) groups excluding carboxylic acids is 1. The Labute approximate surface area is 161 Å². The molecule has 1 amide bonds. The molecule has 1 aromatic heterocycles. The second-order valence-corrected chi connectivity index (χ2v) is 6.79. The van der Waals surface area contributed by atoms with Crippen LogP contribution in [0.2, 0.25) is 5.02 Å². The maximum Gasteiger partial charge on any atom is 0.254 e. The van der Waals surface area contributed by atoms with E-state index in [4.69, 9.17) is 20.9 Å². The molecule has 1 aliphatic rings. The van der Waals surface area contributed by atoms with Crippen LogP contribution < -0.4 is 4.74 Å². The van der Waals surface area contributed by atoms with E-state index in [9.17, 15) is 4.79 Å². The summed E-state index contributed by atoms with van der Waals surface area (Å²) in [6.07, 6.45) is 1.67. The number of methoxy groups -OCH3 is 1. The fraction of sp³-hybridized carbons (Fsp3) is 0.250. The molecule has 3 aromatic rings. The second-order valence-electron chi connectivity index (χ2n) is 6.36. The number of halogens is 1. The van der Waals surface area contributed by atoms with Gasteiger partial charge in [-0.1, -0.05) is 35.0 Å². The number of nitrogens with zero attached hydrogens (tertiary/aromatic N) is 3. The second kappa shape index (κ2) is 7.40. The van der Waals surface area contributed by atoms with Gasteiger partial charge in [-0.3, -0.25) is 4.79 Å². The van der Waals surface area contributed by atoms with Crippen LogP contribution in [-0.2, 0) is 0 Å². The fourth-order valence-electron chi connectivity index (χ4n) is 3.30. The topological polar surface area (TPSA) is 68.5 Å². The van der Waals surface area contributed by atoms with Gasteiger partial charge in [0.1, 0.15) is 11.8 Å². The standard InChI is InChI=1S/C20H18ClN3O3/c1-26-16-8-3-6-14(12-16)20(25)24-10-4-9-17(24)19-22-18(23-27-19)13-5-2-7-15(21)11-13/h2-3,5-8,11-12,17H,4,9-10H2,1H3. The lowest BCUT2D eigenvalue weighted by atomic mass is 10.1. The molecule has 2 heterocycles. The Morgan fingerprint density at radius 1 is 1.26 bits per heavy atom. The molecule has 0 aliphatic carbocycles. The van der Waals surface area contributed by atoms with Crippen molar-refractivity contribution in [3.8, 4) is 17.1 Å². The molecule has 7 heteroatoms. The summed E-state index contributed by atoms with van der Waals surface area (Å²) in [5.74, 6) is 1.49. The molecule has 4 rings (SSSR count). The summed E-state index contributed by atoms with van der Waals surface area (Å²) in [5.41, 5.74) is 1.36. The number of carbonyl (C=O) groups is 1. The molecule has 1 atom stereocenters. The summed E-state index contributed by atoms with van der Waals surface area (Å²) in [6, 6.07) is 14.2. The Balaban J connectivity index is 1.59. The Hall–Kier alpha value is -2.86. The zero-order chi connectivity index (χ0) is 18.8. The fourth-order valence-corrected chi connectivity index (χ4v) is 3.49. The third kappa shape index (κ3) is 3.53. The molecule has 2 aromatic carbocycles. The first-order valence-corrected chi connectivity index (χ1v) is 9.08. The van der Waals surface area contributed by atoms with Gasteiger partial charge in [-0.05, 0) is 43.2 Å². The van der Waals surface area contributed by atoms with Gasteiger partial charge in [0, 0.05) is 22.7 Å². The molecular formula is C20H18ClN3O3. The summed E-state index contributed by atoms with van der Waals surface area (Å²) in [5, 5.41) is 4.67. The Morgan fingerprint density at radius 3 is 2.93 bits per heavy atom. The number of hydrogen-bond acceptors (Lipinski definition) is 5. The molecular weight excluding hydrogens is 366 g/mol. The van der Waals surface area contributed by atoms with Crippen molar-refractivity contribution in [3.05, 3.63) is 65.0 Å². The van der Waals surface area contributed by atoms with Crippen molar-refractivity contribution in [3.63, 3.8) is 0 Å². The van der Waals surface area contributed by atoms with Crippen molar-refractivity contribution in [2.24, 2.45) is 0 Å². The average Bonchev–Trinajstić information content (AvgIpc) is 3.36. The van der Waals surface area contributed by atoms with Crippen molar-refractivity contribution in [2.45, 2.75) is 18.9 Å². The lowest BCUT2D eigenvalue weighted by Crippen LogP contribution is -2.30. The summed E-state index contributed by atoms with van der Waals surface area (Å²) < 4.78 is 10.7. The van der Waals surface area contributed by atoms with Crippen LogP contribution in [0, 0.1) is 0 Å². The maximum atomic E-state index is 13.0.